The van der Waals surface area contributed by atoms with E-state index in [4.69, 9.17) is 14.9 Å². The molecule has 0 radical (unpaired) electrons. The van der Waals surface area contributed by atoms with Crippen molar-refractivity contribution in [1.29, 1.82) is 0 Å². The monoisotopic (exact) mass is 287 g/mol. The summed E-state index contributed by atoms with van der Waals surface area (Å²) >= 11 is 0. The van der Waals surface area contributed by atoms with Crippen LogP contribution in [0.25, 0.3) is 0 Å². The number of ether oxygens (including phenoxy) is 1. The Hall–Kier alpha value is -1.26. The smallest absolute Gasteiger partial charge is 0.311 e. The van der Waals surface area contributed by atoms with Gasteiger partial charge in [-0.1, -0.05) is 0 Å². The van der Waals surface area contributed by atoms with Crippen molar-refractivity contribution >= 4 is 11.9 Å². The Morgan fingerprint density at radius 2 is 2.06 bits per heavy atom. The van der Waals surface area contributed by atoms with Crippen molar-refractivity contribution < 1.29 is 44.0 Å². The van der Waals surface area contributed by atoms with Gasteiger partial charge in [-0.25, -0.2) is 4.79 Å². The van der Waals surface area contributed by atoms with Crippen molar-refractivity contribution in [3.05, 3.63) is 35.4 Å². The molecule has 17 heavy (non-hydrogen) atoms. The number of carboxylic acids is 1. The number of aliphatic hydroxyl groups excluding tert-OH is 1. The Morgan fingerprint density at radius 1 is 1.35 bits per heavy atom. The van der Waals surface area contributed by atoms with E-state index in [1.807, 2.05) is 0 Å². The molecule has 0 aliphatic heterocycles. The van der Waals surface area contributed by atoms with Crippen LogP contribution in [0.5, 0.6) is 0 Å². The first-order chi connectivity index (χ1) is 7.66. The van der Waals surface area contributed by atoms with Crippen LogP contribution in [0.15, 0.2) is 18.2 Å². The van der Waals surface area contributed by atoms with Crippen molar-refractivity contribution in [3.8, 4) is 0 Å². The molecule has 0 spiro atoms. The third-order valence-electron chi connectivity index (χ3n) is 1.85. The number of hydrogen-bond donors (Lipinski definition) is 2. The zero-order valence-electron chi connectivity index (χ0n) is 9.18. The molecule has 0 unspecified atom stereocenters. The van der Waals surface area contributed by atoms with Gasteiger partial charge in [0, 0.05) is 32.5 Å². The predicted octanol–water partition coefficient (Wildman–Crippen LogP) is 0.722. The number of carboxylic acid groups (broad SMARTS) is 1. The Morgan fingerprint density at radius 3 is 2.65 bits per heavy atom. The van der Waals surface area contributed by atoms with Crippen LogP contribution in [0.1, 0.15) is 27.1 Å². The number of aliphatic hydroxyl groups is 1. The van der Waals surface area contributed by atoms with Gasteiger partial charge in [0.25, 0.3) is 5.97 Å². The number of hydrogen-bond acceptors (Lipinski definition) is 4. The summed E-state index contributed by atoms with van der Waals surface area (Å²) in [5.74, 6) is -1.91. The molecule has 88 valence electrons. The molecule has 0 bridgehead atoms. The fourth-order valence-electron chi connectivity index (χ4n) is 1.09. The van der Waals surface area contributed by atoms with Crippen LogP contribution >= 0.6 is 0 Å². The van der Waals surface area contributed by atoms with Crippen molar-refractivity contribution in [2.75, 3.05) is 13.2 Å². The molecular formula is C11H11O5Zn-. The zero-order valence-corrected chi connectivity index (χ0v) is 12.1. The maximum Gasteiger partial charge on any atom is 0.311 e. The van der Waals surface area contributed by atoms with Crippen molar-refractivity contribution in [2.24, 2.45) is 0 Å². The number of benzene rings is 1. The second kappa shape index (κ2) is 7.93. The molecule has 1 aromatic carbocycles. The molecule has 0 amide bonds. The fourth-order valence-corrected chi connectivity index (χ4v) is 1.09. The molecule has 1 rings (SSSR count). The second-order valence-corrected chi connectivity index (χ2v) is 2.99. The maximum atomic E-state index is 11.5. The van der Waals surface area contributed by atoms with E-state index in [2.05, 4.69) is 6.07 Å². The van der Waals surface area contributed by atoms with E-state index < -0.39 is 11.9 Å². The standard InChI is InChI=1S/C11H11O5.Zn/c12-6-3-7-16-11(15)9-5-2-1-4-8(9)10(13)14;/h1,4-5,12H,3,6-7H2,(H,13,14);/q-1;. The molecular weight excluding hydrogens is 278 g/mol. The zero-order chi connectivity index (χ0) is 12.0. The van der Waals surface area contributed by atoms with Gasteiger partial charge >= 0.3 is 5.97 Å². The first-order valence-electron chi connectivity index (χ1n) is 4.68. The molecule has 0 atom stereocenters. The van der Waals surface area contributed by atoms with Crippen LogP contribution in [0.4, 0.5) is 0 Å². The van der Waals surface area contributed by atoms with E-state index in [9.17, 15) is 9.59 Å². The molecule has 0 aliphatic rings. The summed E-state index contributed by atoms with van der Waals surface area (Å²) in [5.41, 5.74) is -0.152. The largest absolute Gasteiger partial charge is 0.479 e. The predicted molar refractivity (Wildman–Crippen MR) is 54.2 cm³/mol. The van der Waals surface area contributed by atoms with E-state index in [0.717, 1.165) is 0 Å². The Bertz CT molecular complexity index is 391. The molecule has 0 saturated heterocycles. The van der Waals surface area contributed by atoms with Gasteiger partial charge in [0.15, 0.2) is 0 Å². The van der Waals surface area contributed by atoms with Crippen LogP contribution in [0, 0.1) is 6.07 Å². The number of carbonyl (C=O) groups excluding carboxylic acids is 1. The summed E-state index contributed by atoms with van der Waals surface area (Å²) in [6.07, 6.45) is 0.324. The van der Waals surface area contributed by atoms with E-state index in [0.29, 0.717) is 6.42 Å². The van der Waals surface area contributed by atoms with Gasteiger partial charge < -0.3 is 14.9 Å². The molecule has 5 nitrogen and oxygen atoms in total. The average Bonchev–Trinajstić information content (AvgIpc) is 2.29. The van der Waals surface area contributed by atoms with E-state index in [1.165, 1.54) is 18.2 Å². The minimum absolute atomic E-state index is 0. The molecule has 0 saturated carbocycles. The maximum absolute atomic E-state index is 11.5. The Labute approximate surface area is 111 Å². The van der Waals surface area contributed by atoms with E-state index in [-0.39, 0.29) is 43.8 Å². The Balaban J connectivity index is 0.00000256. The minimum Gasteiger partial charge on any atom is -0.479 e. The molecule has 0 fully saturated rings. The van der Waals surface area contributed by atoms with Gasteiger partial charge in [0.2, 0.25) is 0 Å². The van der Waals surface area contributed by atoms with Gasteiger partial charge in [0.1, 0.15) is 0 Å². The average molecular weight is 289 g/mol. The summed E-state index contributed by atoms with van der Waals surface area (Å²) in [6.45, 7) is -0.0245. The second-order valence-electron chi connectivity index (χ2n) is 2.99. The molecule has 2 N–H and O–H groups in total. The minimum atomic E-state index is -1.19. The van der Waals surface area contributed by atoms with E-state index in [1.54, 1.807) is 0 Å². The molecule has 0 aromatic heterocycles. The third kappa shape index (κ3) is 4.63. The van der Waals surface area contributed by atoms with Gasteiger partial charge in [-0.15, -0.1) is 0 Å². The molecule has 6 heteroatoms. The van der Waals surface area contributed by atoms with Gasteiger partial charge in [0.05, 0.1) is 6.61 Å². The number of esters is 1. The summed E-state index contributed by atoms with van der Waals surface area (Å²) in [6, 6.07) is 6.58. The van der Waals surface area contributed by atoms with Crippen molar-refractivity contribution in [1.82, 2.24) is 0 Å². The SMILES string of the molecule is O=C(O)c1cc[c-]cc1C(=O)OCCCO.[Zn]. The van der Waals surface area contributed by atoms with Crippen LogP contribution < -0.4 is 0 Å². The van der Waals surface area contributed by atoms with Gasteiger partial charge in [-0.05, 0) is 11.1 Å². The topological polar surface area (TPSA) is 83.8 Å². The molecule has 0 aliphatic carbocycles. The number of carbonyl (C=O) groups is 2. The molecule has 0 heterocycles. The van der Waals surface area contributed by atoms with Crippen molar-refractivity contribution in [3.63, 3.8) is 0 Å². The van der Waals surface area contributed by atoms with Crippen LogP contribution in [-0.4, -0.2) is 35.4 Å². The third-order valence-corrected chi connectivity index (χ3v) is 1.85. The normalized spacial score (nSPS) is 9.24. The van der Waals surface area contributed by atoms with Gasteiger partial charge in [-0.3, -0.25) is 4.79 Å². The summed E-state index contributed by atoms with van der Waals surface area (Å²) in [4.78, 5) is 22.3. The van der Waals surface area contributed by atoms with Gasteiger partial charge in [-0.2, -0.15) is 24.3 Å². The summed E-state index contributed by atoms with van der Waals surface area (Å²) in [7, 11) is 0. The Kier molecular flexibility index (Phi) is 7.34. The first kappa shape index (κ1) is 15.7. The fraction of sp³-hybridized carbons (Fsp3) is 0.273. The number of aromatic carboxylic acids is 1. The van der Waals surface area contributed by atoms with Crippen LogP contribution in [0.3, 0.4) is 0 Å². The van der Waals surface area contributed by atoms with Crippen LogP contribution in [0.2, 0.25) is 0 Å². The van der Waals surface area contributed by atoms with E-state index >= 15 is 0 Å². The molecule has 1 aromatic rings. The van der Waals surface area contributed by atoms with Crippen molar-refractivity contribution in [2.45, 2.75) is 6.42 Å². The first-order valence-corrected chi connectivity index (χ1v) is 4.68. The summed E-state index contributed by atoms with van der Waals surface area (Å²) in [5, 5.41) is 17.3. The van der Waals surface area contributed by atoms with Crippen LogP contribution in [-0.2, 0) is 24.2 Å². The number of rotatable bonds is 5. The summed E-state index contributed by atoms with van der Waals surface area (Å²) < 4.78 is 4.78. The quantitative estimate of drug-likeness (QED) is 0.361.